The van der Waals surface area contributed by atoms with Gasteiger partial charge in [0.15, 0.2) is 28.6 Å². The second-order valence-electron chi connectivity index (χ2n) is 11.6. The first-order valence-electron chi connectivity index (χ1n) is 14.6. The monoisotopic (exact) mass is 549 g/mol. The van der Waals surface area contributed by atoms with Gasteiger partial charge in [0.2, 0.25) is 0 Å². The van der Waals surface area contributed by atoms with E-state index in [2.05, 4.69) is 110 Å². The van der Waals surface area contributed by atoms with Gasteiger partial charge in [-0.25, -0.2) is 0 Å². The molecule has 206 valence electrons. The SMILES string of the molecule is CC1C=C(N(c2ccc(-c3ccccc3)cc2)c2ccc3c(c2)Oc2ccccc2O3)[C@]2(C)Oc3ccccc3C2C1. The third-order valence-electron chi connectivity index (χ3n) is 8.79. The maximum atomic E-state index is 6.87. The summed E-state index contributed by atoms with van der Waals surface area (Å²) in [6.07, 6.45) is 3.43. The van der Waals surface area contributed by atoms with Gasteiger partial charge in [0.05, 0.1) is 5.70 Å². The van der Waals surface area contributed by atoms with Crippen molar-refractivity contribution in [2.45, 2.75) is 31.8 Å². The molecule has 0 saturated heterocycles. The number of ether oxygens (including phenoxy) is 3. The Morgan fingerprint density at radius 2 is 1.21 bits per heavy atom. The summed E-state index contributed by atoms with van der Waals surface area (Å²) in [7, 11) is 0. The van der Waals surface area contributed by atoms with Crippen LogP contribution in [0.2, 0.25) is 0 Å². The fourth-order valence-electron chi connectivity index (χ4n) is 6.73. The van der Waals surface area contributed by atoms with E-state index in [1.54, 1.807) is 0 Å². The van der Waals surface area contributed by atoms with Gasteiger partial charge >= 0.3 is 0 Å². The Morgan fingerprint density at radius 3 is 1.98 bits per heavy atom. The molecule has 0 radical (unpaired) electrons. The first kappa shape index (κ1) is 24.8. The van der Waals surface area contributed by atoms with Crippen LogP contribution in [0.3, 0.4) is 0 Å². The summed E-state index contributed by atoms with van der Waals surface area (Å²) in [6, 6.07) is 41.8. The standard InChI is InChI=1S/C38H31NO3/c1-25-22-31-30-12-6-7-13-32(30)42-38(31,2)37(23-25)39(28-18-16-27(17-19-28)26-10-4-3-5-11-26)29-20-21-35-36(24-29)41-34-15-9-8-14-33(34)40-35/h3-21,23-25,31H,22H2,1-2H3/t25?,31?,38-/m1/s1. The van der Waals surface area contributed by atoms with Crippen LogP contribution >= 0.6 is 0 Å². The molecular formula is C38H31NO3. The number of anilines is 2. The van der Waals surface area contributed by atoms with Crippen molar-refractivity contribution >= 4 is 11.4 Å². The number of nitrogens with zero attached hydrogens (tertiary/aromatic N) is 1. The van der Waals surface area contributed by atoms with Gasteiger partial charge in [-0.1, -0.05) is 85.8 Å². The van der Waals surface area contributed by atoms with Crippen LogP contribution in [0, 0.1) is 5.92 Å². The summed E-state index contributed by atoms with van der Waals surface area (Å²) in [5, 5.41) is 0. The summed E-state index contributed by atoms with van der Waals surface area (Å²) >= 11 is 0. The molecule has 5 aromatic rings. The highest BCUT2D eigenvalue weighted by atomic mass is 16.6. The molecule has 0 spiro atoms. The zero-order valence-electron chi connectivity index (χ0n) is 23.7. The van der Waals surface area contributed by atoms with Crippen molar-refractivity contribution in [3.63, 3.8) is 0 Å². The molecule has 42 heavy (non-hydrogen) atoms. The van der Waals surface area contributed by atoms with Gasteiger partial charge < -0.3 is 19.1 Å². The van der Waals surface area contributed by atoms with Gasteiger partial charge in [0.25, 0.3) is 0 Å². The van der Waals surface area contributed by atoms with E-state index in [0.29, 0.717) is 23.2 Å². The number of para-hydroxylation sites is 3. The van der Waals surface area contributed by atoms with E-state index >= 15 is 0 Å². The summed E-state index contributed by atoms with van der Waals surface area (Å²) in [6.45, 7) is 4.55. The minimum atomic E-state index is -0.534. The minimum Gasteiger partial charge on any atom is -0.480 e. The van der Waals surface area contributed by atoms with Crippen molar-refractivity contribution in [2.75, 3.05) is 4.90 Å². The van der Waals surface area contributed by atoms with Crippen LogP contribution < -0.4 is 19.1 Å². The van der Waals surface area contributed by atoms with Gasteiger partial charge in [-0.15, -0.1) is 0 Å². The smallest absolute Gasteiger partial charge is 0.172 e. The lowest BCUT2D eigenvalue weighted by molar-refractivity contribution is 0.109. The Bertz CT molecular complexity index is 1830. The highest BCUT2D eigenvalue weighted by Crippen LogP contribution is 2.56. The molecule has 2 heterocycles. The average molecular weight is 550 g/mol. The highest BCUT2D eigenvalue weighted by molar-refractivity contribution is 5.76. The molecule has 0 amide bonds. The normalized spacial score (nSPS) is 21.3. The molecular weight excluding hydrogens is 518 g/mol. The van der Waals surface area contributed by atoms with Gasteiger partial charge in [-0.3, -0.25) is 0 Å². The number of fused-ring (bicyclic) bond motifs is 5. The number of rotatable bonds is 4. The van der Waals surface area contributed by atoms with Crippen molar-refractivity contribution < 1.29 is 14.2 Å². The Labute approximate surface area is 246 Å². The van der Waals surface area contributed by atoms with E-state index in [1.165, 1.54) is 16.7 Å². The summed E-state index contributed by atoms with van der Waals surface area (Å²) < 4.78 is 19.4. The van der Waals surface area contributed by atoms with E-state index < -0.39 is 5.60 Å². The van der Waals surface area contributed by atoms with Crippen LogP contribution in [0.25, 0.3) is 11.1 Å². The fraction of sp³-hybridized carbons (Fsp3) is 0.158. The van der Waals surface area contributed by atoms with Crippen molar-refractivity contribution in [2.24, 2.45) is 5.92 Å². The molecule has 8 rings (SSSR count). The Balaban J connectivity index is 1.26. The van der Waals surface area contributed by atoms with Crippen molar-refractivity contribution in [3.8, 4) is 39.9 Å². The second-order valence-corrected chi connectivity index (χ2v) is 11.6. The van der Waals surface area contributed by atoms with Crippen LogP contribution in [0.5, 0.6) is 28.7 Å². The first-order valence-corrected chi connectivity index (χ1v) is 14.6. The van der Waals surface area contributed by atoms with E-state index in [-0.39, 0.29) is 5.92 Å². The molecule has 0 N–H and O–H groups in total. The maximum absolute atomic E-state index is 6.87. The molecule has 4 nitrogen and oxygen atoms in total. The summed E-state index contributed by atoms with van der Waals surface area (Å²) in [5.74, 6) is 4.44. The summed E-state index contributed by atoms with van der Waals surface area (Å²) in [5.41, 5.74) is 6.31. The molecule has 0 saturated carbocycles. The lowest BCUT2D eigenvalue weighted by atomic mass is 9.72. The fourth-order valence-corrected chi connectivity index (χ4v) is 6.73. The van der Waals surface area contributed by atoms with E-state index in [1.807, 2.05) is 36.4 Å². The van der Waals surface area contributed by atoms with Crippen molar-refractivity contribution in [3.05, 3.63) is 139 Å². The lowest BCUT2D eigenvalue weighted by Crippen LogP contribution is -2.46. The molecule has 2 unspecified atom stereocenters. The Hall–Kier alpha value is -4.96. The molecule has 3 atom stereocenters. The zero-order valence-corrected chi connectivity index (χ0v) is 23.7. The van der Waals surface area contributed by atoms with Crippen LogP contribution in [-0.2, 0) is 0 Å². The number of hydrogen-bond donors (Lipinski definition) is 0. The number of hydrogen-bond acceptors (Lipinski definition) is 4. The maximum Gasteiger partial charge on any atom is 0.172 e. The van der Waals surface area contributed by atoms with Gasteiger partial charge in [0, 0.05) is 28.9 Å². The first-order chi connectivity index (χ1) is 20.6. The zero-order chi connectivity index (χ0) is 28.3. The molecule has 2 aliphatic heterocycles. The van der Waals surface area contributed by atoms with Crippen LogP contribution in [0.15, 0.2) is 133 Å². The second kappa shape index (κ2) is 9.56. The molecule has 0 aromatic heterocycles. The molecule has 0 bridgehead atoms. The Morgan fingerprint density at radius 1 is 0.619 bits per heavy atom. The predicted octanol–water partition coefficient (Wildman–Crippen LogP) is 10.2. The van der Waals surface area contributed by atoms with Crippen molar-refractivity contribution in [1.82, 2.24) is 0 Å². The van der Waals surface area contributed by atoms with E-state index in [0.717, 1.165) is 35.0 Å². The quantitative estimate of drug-likeness (QED) is 0.219. The molecule has 4 heteroatoms. The highest BCUT2D eigenvalue weighted by Gasteiger charge is 2.52. The average Bonchev–Trinajstić information content (AvgIpc) is 3.33. The van der Waals surface area contributed by atoms with E-state index in [4.69, 9.17) is 14.2 Å². The molecule has 1 aliphatic carbocycles. The number of benzene rings is 5. The predicted molar refractivity (Wildman–Crippen MR) is 167 cm³/mol. The van der Waals surface area contributed by atoms with Crippen LogP contribution in [-0.4, -0.2) is 5.60 Å². The lowest BCUT2D eigenvalue weighted by Gasteiger charge is -2.44. The van der Waals surface area contributed by atoms with Crippen LogP contribution in [0.4, 0.5) is 11.4 Å². The van der Waals surface area contributed by atoms with Crippen LogP contribution in [0.1, 0.15) is 31.7 Å². The van der Waals surface area contributed by atoms with Gasteiger partial charge in [-0.2, -0.15) is 0 Å². The minimum absolute atomic E-state index is 0.249. The molecule has 5 aromatic carbocycles. The third kappa shape index (κ3) is 3.98. The largest absolute Gasteiger partial charge is 0.480 e. The van der Waals surface area contributed by atoms with Crippen molar-refractivity contribution in [1.29, 1.82) is 0 Å². The topological polar surface area (TPSA) is 30.9 Å². The third-order valence-corrected chi connectivity index (χ3v) is 8.79. The molecule has 3 aliphatic rings. The molecule has 0 fully saturated rings. The Kier molecular flexibility index (Phi) is 5.65. The number of allylic oxidation sites excluding steroid dienone is 1. The van der Waals surface area contributed by atoms with E-state index in [9.17, 15) is 0 Å². The summed E-state index contributed by atoms with van der Waals surface area (Å²) in [4.78, 5) is 2.34. The van der Waals surface area contributed by atoms with Gasteiger partial charge in [0.1, 0.15) is 5.75 Å². The van der Waals surface area contributed by atoms with Gasteiger partial charge in [-0.05, 0) is 72.9 Å².